The minimum absolute atomic E-state index is 0.512. The highest BCUT2D eigenvalue weighted by Gasteiger charge is 2.03. The molecule has 0 unspecified atom stereocenters. The fraction of sp³-hybridized carbons (Fsp3) is 0.167. The Hall–Kier alpha value is -2.30. The van der Waals surface area contributed by atoms with Gasteiger partial charge in [0.15, 0.2) is 0 Å². The van der Waals surface area contributed by atoms with Crippen molar-refractivity contribution in [3.05, 3.63) is 55.4 Å². The molecule has 0 fully saturated rings. The number of aromatic amines is 2. The molecular weight excluding hydrogens is 220 g/mol. The van der Waals surface area contributed by atoms with Gasteiger partial charge in [0.25, 0.3) is 0 Å². The summed E-state index contributed by atoms with van der Waals surface area (Å²) in [5.41, 5.74) is -0.537. The Morgan fingerprint density at radius 3 is 2.53 bits per heavy atom. The number of aromatic nitrogens is 2. The molecule has 1 aromatic heterocycles. The minimum Gasteiger partial charge on any atom is -0.497 e. The van der Waals surface area contributed by atoms with Gasteiger partial charge >= 0.3 is 11.1 Å². The Morgan fingerprint density at radius 1 is 1.24 bits per heavy atom. The molecule has 0 saturated carbocycles. The Balaban J connectivity index is 2.71. The van der Waals surface area contributed by atoms with E-state index in [2.05, 4.69) is 16.5 Å². The lowest BCUT2D eigenvalue weighted by Gasteiger charge is -2.03. The summed E-state index contributed by atoms with van der Waals surface area (Å²) in [7, 11) is 1.53. The molecule has 5 heteroatoms. The molecule has 0 aliphatic heterocycles. The normalized spacial score (nSPS) is 13.6. The van der Waals surface area contributed by atoms with E-state index in [1.165, 1.54) is 7.11 Å². The maximum Gasteiger partial charge on any atom is 0.314 e. The van der Waals surface area contributed by atoms with Gasteiger partial charge in [0.1, 0.15) is 5.76 Å². The predicted molar refractivity (Wildman–Crippen MR) is 64.7 cm³/mol. The highest BCUT2D eigenvalue weighted by atomic mass is 16.5. The van der Waals surface area contributed by atoms with Crippen LogP contribution in [0.1, 0.15) is 6.42 Å². The van der Waals surface area contributed by atoms with Crippen molar-refractivity contribution < 1.29 is 4.74 Å². The molecule has 0 bridgehead atoms. The molecule has 1 heterocycles. The first-order chi connectivity index (χ1) is 8.11. The molecule has 2 N–H and O–H groups in total. The van der Waals surface area contributed by atoms with E-state index >= 15 is 0 Å². The summed E-state index contributed by atoms with van der Waals surface area (Å²) in [6, 6.07) is 0. The number of methoxy groups -OCH3 is 1. The van der Waals surface area contributed by atoms with Crippen LogP contribution in [0, 0.1) is 0 Å². The second-order valence-electron chi connectivity index (χ2n) is 3.61. The maximum atomic E-state index is 11.2. The van der Waals surface area contributed by atoms with Crippen LogP contribution in [0.15, 0.2) is 33.6 Å². The van der Waals surface area contributed by atoms with Crippen molar-refractivity contribution in [2.45, 2.75) is 6.42 Å². The molecule has 5 nitrogen and oxygen atoms in total. The Kier molecular flexibility index (Phi) is 2.82. The smallest absolute Gasteiger partial charge is 0.314 e. The highest BCUT2D eigenvalue weighted by molar-refractivity contribution is 5.56. The number of rotatable bonds is 2. The van der Waals surface area contributed by atoms with Gasteiger partial charge in [0, 0.05) is 5.57 Å². The van der Waals surface area contributed by atoms with Crippen molar-refractivity contribution in [1.82, 2.24) is 9.97 Å². The standard InChI is InChI=1S/C12H12N2O3/c1-7(17-2)8-4-3-5-9-10(6-8)14-12(16)11(15)13-9/h4-6H,1,3H2,2H3,(H,13,15)(H,14,16). The molecule has 0 radical (unpaired) electrons. The molecule has 88 valence electrons. The lowest BCUT2D eigenvalue weighted by Crippen LogP contribution is -2.46. The molecular formula is C12H12N2O3. The van der Waals surface area contributed by atoms with Crippen molar-refractivity contribution in [2.24, 2.45) is 0 Å². The van der Waals surface area contributed by atoms with Crippen LogP contribution in [0.5, 0.6) is 0 Å². The lowest BCUT2D eigenvalue weighted by molar-refractivity contribution is 0.305. The Labute approximate surface area is 96.5 Å². The van der Waals surface area contributed by atoms with Gasteiger partial charge in [-0.2, -0.15) is 0 Å². The van der Waals surface area contributed by atoms with Gasteiger partial charge in [0.05, 0.1) is 17.8 Å². The number of allylic oxidation sites excluding steroid dienone is 2. The van der Waals surface area contributed by atoms with Crippen LogP contribution in [0.4, 0.5) is 0 Å². The number of nitrogens with one attached hydrogen (secondary N) is 2. The molecule has 0 saturated heterocycles. The topological polar surface area (TPSA) is 75.0 Å². The van der Waals surface area contributed by atoms with Gasteiger partial charge in [-0.05, 0) is 12.5 Å². The van der Waals surface area contributed by atoms with Gasteiger partial charge in [-0.3, -0.25) is 9.59 Å². The summed E-state index contributed by atoms with van der Waals surface area (Å²) >= 11 is 0. The molecule has 0 amide bonds. The average molecular weight is 232 g/mol. The molecule has 0 atom stereocenters. The van der Waals surface area contributed by atoms with E-state index in [1.54, 1.807) is 6.08 Å². The zero-order valence-corrected chi connectivity index (χ0v) is 9.37. The monoisotopic (exact) mass is 232 g/mol. The number of ether oxygens (including phenoxy) is 1. The van der Waals surface area contributed by atoms with Crippen molar-refractivity contribution in [3.8, 4) is 0 Å². The van der Waals surface area contributed by atoms with Gasteiger partial charge < -0.3 is 14.7 Å². The lowest BCUT2D eigenvalue weighted by atomic mass is 10.2. The summed E-state index contributed by atoms with van der Waals surface area (Å²) < 4.78 is 5.04. The first kappa shape index (κ1) is 11.2. The zero-order valence-electron chi connectivity index (χ0n) is 9.37. The fourth-order valence-corrected chi connectivity index (χ4v) is 1.60. The zero-order chi connectivity index (χ0) is 12.4. The van der Waals surface area contributed by atoms with E-state index in [0.29, 0.717) is 22.9 Å². The van der Waals surface area contributed by atoms with E-state index in [-0.39, 0.29) is 0 Å². The second-order valence-corrected chi connectivity index (χ2v) is 3.61. The molecule has 17 heavy (non-hydrogen) atoms. The van der Waals surface area contributed by atoms with Crippen molar-refractivity contribution in [3.63, 3.8) is 0 Å². The van der Waals surface area contributed by atoms with E-state index in [9.17, 15) is 9.59 Å². The molecule has 1 aliphatic carbocycles. The molecule has 1 aliphatic rings. The second kappa shape index (κ2) is 4.29. The summed E-state index contributed by atoms with van der Waals surface area (Å²) in [4.78, 5) is 27.5. The average Bonchev–Trinajstić information content (AvgIpc) is 2.51. The third-order valence-electron chi connectivity index (χ3n) is 2.52. The third kappa shape index (κ3) is 2.13. The van der Waals surface area contributed by atoms with Crippen molar-refractivity contribution in [1.29, 1.82) is 0 Å². The molecule has 0 aromatic carbocycles. The van der Waals surface area contributed by atoms with Crippen LogP contribution >= 0.6 is 0 Å². The summed E-state index contributed by atoms with van der Waals surface area (Å²) in [5, 5.41) is 1.15. The van der Waals surface area contributed by atoms with E-state index in [1.807, 2.05) is 12.2 Å². The quantitative estimate of drug-likeness (QED) is 0.513. The van der Waals surface area contributed by atoms with Gasteiger partial charge in [0.2, 0.25) is 0 Å². The van der Waals surface area contributed by atoms with Crippen LogP contribution in [0.3, 0.4) is 0 Å². The summed E-state index contributed by atoms with van der Waals surface area (Å²) in [5.74, 6) is 0.512. The molecule has 2 rings (SSSR count). The van der Waals surface area contributed by atoms with Crippen LogP contribution in [-0.4, -0.2) is 17.1 Å². The summed E-state index contributed by atoms with van der Waals surface area (Å²) in [6.07, 6.45) is 6.08. The molecule has 0 spiro atoms. The summed E-state index contributed by atoms with van der Waals surface area (Å²) in [6.45, 7) is 3.75. The third-order valence-corrected chi connectivity index (χ3v) is 2.52. The minimum atomic E-state index is -0.669. The number of hydrogen-bond donors (Lipinski definition) is 2. The van der Waals surface area contributed by atoms with E-state index < -0.39 is 11.1 Å². The first-order valence-corrected chi connectivity index (χ1v) is 5.10. The molecule has 1 aromatic rings. The highest BCUT2D eigenvalue weighted by Crippen LogP contribution is 2.11. The maximum absolute atomic E-state index is 11.2. The first-order valence-electron chi connectivity index (χ1n) is 5.10. The van der Waals surface area contributed by atoms with E-state index in [0.717, 1.165) is 5.57 Å². The Morgan fingerprint density at radius 2 is 1.88 bits per heavy atom. The van der Waals surface area contributed by atoms with Gasteiger partial charge in [-0.1, -0.05) is 18.7 Å². The largest absolute Gasteiger partial charge is 0.497 e. The van der Waals surface area contributed by atoms with Crippen LogP contribution in [-0.2, 0) is 4.74 Å². The van der Waals surface area contributed by atoms with Crippen LogP contribution < -0.4 is 21.8 Å². The number of hydrogen-bond acceptors (Lipinski definition) is 3. The van der Waals surface area contributed by atoms with Crippen LogP contribution in [0.25, 0.3) is 12.2 Å². The SMILES string of the molecule is C=C(OC)C1=CCC=c2[nH]c(=O)c(=O)[nH]c2=C1. The van der Waals surface area contributed by atoms with Crippen molar-refractivity contribution >= 4 is 12.2 Å². The predicted octanol–water partition coefficient (Wildman–Crippen LogP) is -0.886. The van der Waals surface area contributed by atoms with Crippen LogP contribution in [0.2, 0.25) is 0 Å². The number of fused-ring (bicyclic) bond motifs is 1. The Bertz CT molecular complexity index is 719. The number of H-pyrrole nitrogens is 2. The van der Waals surface area contributed by atoms with Crippen molar-refractivity contribution in [2.75, 3.05) is 7.11 Å². The van der Waals surface area contributed by atoms with Gasteiger partial charge in [-0.15, -0.1) is 0 Å². The van der Waals surface area contributed by atoms with E-state index in [4.69, 9.17) is 4.74 Å². The fourth-order valence-electron chi connectivity index (χ4n) is 1.60. The van der Waals surface area contributed by atoms with Gasteiger partial charge in [-0.25, -0.2) is 0 Å².